The fraction of sp³-hybridized carbons (Fsp3) is 0.615. The van der Waals surface area contributed by atoms with Crippen molar-refractivity contribution in [1.82, 2.24) is 10.5 Å². The normalized spacial score (nSPS) is 21.2. The number of hydrogen-bond acceptors (Lipinski definition) is 4. The number of carboxylic acid groups (broad SMARTS) is 1. The molecule has 1 aliphatic rings. The second kappa shape index (κ2) is 5.42. The van der Waals surface area contributed by atoms with Crippen LogP contribution in [0.5, 0.6) is 0 Å². The lowest BCUT2D eigenvalue weighted by Crippen LogP contribution is -2.26. The highest BCUT2D eigenvalue weighted by Gasteiger charge is 2.48. The predicted octanol–water partition coefficient (Wildman–Crippen LogP) is 1.14. The van der Waals surface area contributed by atoms with Crippen LogP contribution in [0.2, 0.25) is 0 Å². The second-order valence-corrected chi connectivity index (χ2v) is 4.74. The first-order chi connectivity index (χ1) is 9.08. The topological polar surface area (TPSA) is 92.4 Å². The second-order valence-electron chi connectivity index (χ2n) is 4.74. The minimum atomic E-state index is -0.895. The van der Waals surface area contributed by atoms with E-state index in [1.165, 1.54) is 0 Å². The van der Waals surface area contributed by atoms with Crippen LogP contribution in [0.15, 0.2) is 4.52 Å². The number of nitrogens with one attached hydrogen (secondary N) is 1. The molecule has 0 radical (unpaired) electrons. The first-order valence-electron chi connectivity index (χ1n) is 6.55. The van der Waals surface area contributed by atoms with E-state index in [1.807, 2.05) is 13.8 Å². The number of aromatic nitrogens is 1. The molecule has 1 heterocycles. The Morgan fingerprint density at radius 3 is 2.63 bits per heavy atom. The highest BCUT2D eigenvalue weighted by molar-refractivity contribution is 5.89. The van der Waals surface area contributed by atoms with Gasteiger partial charge in [-0.3, -0.25) is 9.59 Å². The monoisotopic (exact) mass is 266 g/mol. The molecule has 2 N–H and O–H groups in total. The number of rotatable bonds is 6. The summed E-state index contributed by atoms with van der Waals surface area (Å²) in [6.45, 7) is 4.30. The maximum Gasteiger partial charge on any atom is 0.307 e. The molecule has 1 aromatic rings. The SMILES string of the molecule is CCc1noc(CC)c1CNC(=O)C1CC1C(=O)O. The Kier molecular flexibility index (Phi) is 3.87. The molecule has 1 fully saturated rings. The number of carbonyl (C=O) groups excluding carboxylic acids is 1. The van der Waals surface area contributed by atoms with Gasteiger partial charge in [0.1, 0.15) is 5.76 Å². The number of aryl methyl sites for hydroxylation is 2. The van der Waals surface area contributed by atoms with Crippen LogP contribution in [0.4, 0.5) is 0 Å². The molecule has 104 valence electrons. The van der Waals surface area contributed by atoms with Crippen LogP contribution >= 0.6 is 0 Å². The van der Waals surface area contributed by atoms with E-state index in [4.69, 9.17) is 9.63 Å². The molecule has 6 heteroatoms. The molecule has 0 bridgehead atoms. The van der Waals surface area contributed by atoms with E-state index < -0.39 is 11.9 Å². The number of nitrogens with zero attached hydrogens (tertiary/aromatic N) is 1. The third-order valence-corrected chi connectivity index (χ3v) is 3.49. The summed E-state index contributed by atoms with van der Waals surface area (Å²) < 4.78 is 5.21. The molecule has 6 nitrogen and oxygen atoms in total. The molecule has 0 saturated heterocycles. The van der Waals surface area contributed by atoms with Crippen LogP contribution < -0.4 is 5.32 Å². The Bertz CT molecular complexity index is 473. The Morgan fingerprint density at radius 2 is 2.11 bits per heavy atom. The summed E-state index contributed by atoms with van der Waals surface area (Å²) in [5.74, 6) is -1.21. The number of amides is 1. The zero-order chi connectivity index (χ0) is 14.0. The zero-order valence-corrected chi connectivity index (χ0v) is 11.1. The van der Waals surface area contributed by atoms with Gasteiger partial charge in [0.25, 0.3) is 0 Å². The minimum Gasteiger partial charge on any atom is -0.481 e. The van der Waals surface area contributed by atoms with Gasteiger partial charge >= 0.3 is 5.97 Å². The number of carboxylic acids is 1. The Morgan fingerprint density at radius 1 is 1.37 bits per heavy atom. The van der Waals surface area contributed by atoms with Crippen LogP contribution in [-0.4, -0.2) is 22.1 Å². The van der Waals surface area contributed by atoms with Gasteiger partial charge in [-0.2, -0.15) is 0 Å². The van der Waals surface area contributed by atoms with Gasteiger partial charge in [0.05, 0.1) is 17.5 Å². The first-order valence-corrected chi connectivity index (χ1v) is 6.55. The quantitative estimate of drug-likeness (QED) is 0.805. The van der Waals surface area contributed by atoms with Crippen LogP contribution in [0.3, 0.4) is 0 Å². The zero-order valence-electron chi connectivity index (χ0n) is 11.1. The molecule has 1 aromatic heterocycles. The molecule has 2 unspecified atom stereocenters. The largest absolute Gasteiger partial charge is 0.481 e. The van der Waals surface area contributed by atoms with Crippen LogP contribution in [0.25, 0.3) is 0 Å². The highest BCUT2D eigenvalue weighted by atomic mass is 16.5. The molecular formula is C13H18N2O4. The molecule has 1 amide bonds. The van der Waals surface area contributed by atoms with Gasteiger partial charge in [0.2, 0.25) is 5.91 Å². The van der Waals surface area contributed by atoms with Crippen LogP contribution in [-0.2, 0) is 29.0 Å². The molecular weight excluding hydrogens is 248 g/mol. The van der Waals surface area contributed by atoms with Gasteiger partial charge in [-0.15, -0.1) is 0 Å². The summed E-state index contributed by atoms with van der Waals surface area (Å²) in [6.07, 6.45) is 1.90. The van der Waals surface area contributed by atoms with Gasteiger partial charge < -0.3 is 14.9 Å². The summed E-state index contributed by atoms with van der Waals surface area (Å²) in [5, 5.41) is 15.5. The van der Waals surface area contributed by atoms with E-state index in [0.29, 0.717) is 13.0 Å². The van der Waals surface area contributed by atoms with Gasteiger partial charge in [-0.05, 0) is 12.8 Å². The van der Waals surface area contributed by atoms with E-state index >= 15 is 0 Å². The predicted molar refractivity (Wildman–Crippen MR) is 66.3 cm³/mol. The van der Waals surface area contributed by atoms with Crippen LogP contribution in [0, 0.1) is 11.8 Å². The standard InChI is InChI=1S/C13H18N2O4/c1-3-10-9(11(4-2)19-15-10)6-14-12(16)7-5-8(7)13(17)18/h7-8H,3-6H2,1-2H3,(H,14,16)(H,17,18). The van der Waals surface area contributed by atoms with Crippen molar-refractivity contribution in [2.75, 3.05) is 0 Å². The summed E-state index contributed by atoms with van der Waals surface area (Å²) in [4.78, 5) is 22.5. The molecule has 1 saturated carbocycles. The van der Waals surface area contributed by atoms with Gasteiger partial charge in [-0.25, -0.2) is 0 Å². The van der Waals surface area contributed by atoms with Crippen molar-refractivity contribution in [2.24, 2.45) is 11.8 Å². The van der Waals surface area contributed by atoms with Gasteiger partial charge in [0, 0.05) is 18.5 Å². The number of hydrogen-bond donors (Lipinski definition) is 2. The maximum absolute atomic E-state index is 11.8. The molecule has 0 aromatic carbocycles. The average molecular weight is 266 g/mol. The van der Waals surface area contributed by atoms with Crippen LogP contribution in [0.1, 0.15) is 37.3 Å². The van der Waals surface area contributed by atoms with E-state index in [1.54, 1.807) is 0 Å². The highest BCUT2D eigenvalue weighted by Crippen LogP contribution is 2.38. The molecule has 19 heavy (non-hydrogen) atoms. The van der Waals surface area contributed by atoms with Crippen molar-refractivity contribution >= 4 is 11.9 Å². The number of aliphatic carboxylic acids is 1. The van der Waals surface area contributed by atoms with E-state index in [-0.39, 0.29) is 11.8 Å². The third kappa shape index (κ3) is 2.77. The minimum absolute atomic E-state index is 0.197. The van der Waals surface area contributed by atoms with Crippen molar-refractivity contribution in [1.29, 1.82) is 0 Å². The molecule has 1 aliphatic carbocycles. The first kappa shape index (κ1) is 13.6. The lowest BCUT2D eigenvalue weighted by atomic mass is 10.1. The lowest BCUT2D eigenvalue weighted by Gasteiger charge is -2.05. The van der Waals surface area contributed by atoms with E-state index in [0.717, 1.165) is 29.9 Å². The lowest BCUT2D eigenvalue weighted by molar-refractivity contribution is -0.140. The Balaban J connectivity index is 1.94. The molecule has 2 rings (SSSR count). The maximum atomic E-state index is 11.8. The van der Waals surface area contributed by atoms with Crippen molar-refractivity contribution < 1.29 is 19.2 Å². The number of carbonyl (C=O) groups is 2. The molecule has 2 atom stereocenters. The summed E-state index contributed by atoms with van der Waals surface area (Å²) in [7, 11) is 0. The van der Waals surface area contributed by atoms with Crippen molar-refractivity contribution in [3.8, 4) is 0 Å². The molecule has 0 spiro atoms. The van der Waals surface area contributed by atoms with Gasteiger partial charge in [0.15, 0.2) is 0 Å². The average Bonchev–Trinajstić information content (AvgIpc) is 3.10. The molecule has 0 aliphatic heterocycles. The summed E-state index contributed by atoms with van der Waals surface area (Å²) in [5.41, 5.74) is 1.77. The summed E-state index contributed by atoms with van der Waals surface area (Å²) in [6, 6.07) is 0. The Labute approximate surface area is 111 Å². The fourth-order valence-electron chi connectivity index (χ4n) is 2.20. The van der Waals surface area contributed by atoms with Gasteiger partial charge in [-0.1, -0.05) is 19.0 Å². The summed E-state index contributed by atoms with van der Waals surface area (Å²) >= 11 is 0. The van der Waals surface area contributed by atoms with E-state index in [2.05, 4.69) is 10.5 Å². The van der Waals surface area contributed by atoms with Crippen molar-refractivity contribution in [3.05, 3.63) is 17.0 Å². The third-order valence-electron chi connectivity index (χ3n) is 3.49. The Hall–Kier alpha value is -1.85. The van der Waals surface area contributed by atoms with Crippen molar-refractivity contribution in [3.63, 3.8) is 0 Å². The van der Waals surface area contributed by atoms with Crippen molar-refractivity contribution in [2.45, 2.75) is 39.7 Å². The smallest absolute Gasteiger partial charge is 0.307 e. The van der Waals surface area contributed by atoms with E-state index in [9.17, 15) is 9.59 Å². The fourth-order valence-corrected chi connectivity index (χ4v) is 2.20.